The number of fused-ring (bicyclic) bond motifs is 1. The maximum Gasteiger partial charge on any atom is 0.309 e. The van der Waals surface area contributed by atoms with Crippen LogP contribution in [-0.2, 0) is 18.9 Å². The van der Waals surface area contributed by atoms with Crippen molar-refractivity contribution in [3.8, 4) is 11.3 Å². The van der Waals surface area contributed by atoms with Crippen LogP contribution in [0, 0.1) is 0 Å². The number of carbonyl (C=O) groups excluding carboxylic acids is 1. The minimum Gasteiger partial charge on any atom is -0.416 e. The van der Waals surface area contributed by atoms with Crippen LogP contribution in [0.25, 0.3) is 11.3 Å². The van der Waals surface area contributed by atoms with Crippen molar-refractivity contribution in [1.82, 2.24) is 35.3 Å². The van der Waals surface area contributed by atoms with E-state index >= 15 is 0 Å². The summed E-state index contributed by atoms with van der Waals surface area (Å²) in [5.74, 6) is 0.789. The number of anilines is 2. The molecular formula is C26H28N8O2. The molecule has 2 aliphatic carbocycles. The Balaban J connectivity index is 1.22. The zero-order valence-electron chi connectivity index (χ0n) is 20.4. The van der Waals surface area contributed by atoms with Crippen LogP contribution in [0.15, 0.2) is 47.3 Å². The number of carbonyl (C=O) groups is 1. The zero-order valence-corrected chi connectivity index (χ0v) is 20.4. The van der Waals surface area contributed by atoms with E-state index in [0.29, 0.717) is 11.8 Å². The Morgan fingerprint density at radius 3 is 2.89 bits per heavy atom. The highest BCUT2D eigenvalue weighted by Gasteiger charge is 2.44. The monoisotopic (exact) mass is 484 g/mol. The average Bonchev–Trinajstić information content (AvgIpc) is 3.28. The Morgan fingerprint density at radius 2 is 2.08 bits per heavy atom. The molecule has 10 nitrogen and oxygen atoms in total. The van der Waals surface area contributed by atoms with Crippen molar-refractivity contribution < 1.29 is 9.21 Å². The first-order valence-corrected chi connectivity index (χ1v) is 12.3. The number of aromatic nitrogens is 6. The predicted octanol–water partition coefficient (Wildman–Crippen LogP) is 4.25. The minimum absolute atomic E-state index is 0.0372. The van der Waals surface area contributed by atoms with Gasteiger partial charge in [0.05, 0.1) is 23.6 Å². The molecule has 1 saturated carbocycles. The van der Waals surface area contributed by atoms with Gasteiger partial charge < -0.3 is 15.1 Å². The Bertz CT molecular complexity index is 1420. The van der Waals surface area contributed by atoms with Crippen LogP contribution in [-0.4, -0.2) is 35.9 Å². The first kappa shape index (κ1) is 22.4. The van der Waals surface area contributed by atoms with Gasteiger partial charge in [0.25, 0.3) is 0 Å². The van der Waals surface area contributed by atoms with Crippen molar-refractivity contribution in [2.75, 3.05) is 5.32 Å². The van der Waals surface area contributed by atoms with E-state index in [2.05, 4.69) is 56.0 Å². The molecule has 1 amide bonds. The second kappa shape index (κ2) is 8.85. The van der Waals surface area contributed by atoms with E-state index < -0.39 is 0 Å². The van der Waals surface area contributed by atoms with Crippen LogP contribution >= 0.6 is 0 Å². The van der Waals surface area contributed by atoms with Crippen molar-refractivity contribution in [1.29, 1.82) is 0 Å². The number of nitrogens with one attached hydrogen (secondary N) is 2. The minimum atomic E-state index is -0.318. The van der Waals surface area contributed by atoms with Gasteiger partial charge in [0, 0.05) is 30.4 Å². The van der Waals surface area contributed by atoms with Crippen molar-refractivity contribution in [3.63, 3.8) is 0 Å². The first-order valence-electron chi connectivity index (χ1n) is 12.3. The smallest absolute Gasteiger partial charge is 0.309 e. The SMILES string of the molecule is Cn1cc(Nc2nccc(-c3ccc4c(c3)CCCCC4NC(=O)c3nnc(C4(C)CC4)o3)n2)cn1. The van der Waals surface area contributed by atoms with Crippen molar-refractivity contribution in [2.24, 2.45) is 7.05 Å². The number of hydrogen-bond donors (Lipinski definition) is 2. The molecule has 4 aromatic rings. The quantitative estimate of drug-likeness (QED) is 0.389. The lowest BCUT2D eigenvalue weighted by molar-refractivity contribution is 0.0896. The van der Waals surface area contributed by atoms with E-state index in [-0.39, 0.29) is 23.3 Å². The second-order valence-corrected chi connectivity index (χ2v) is 9.95. The first-order chi connectivity index (χ1) is 17.5. The van der Waals surface area contributed by atoms with E-state index in [1.54, 1.807) is 17.1 Å². The zero-order chi connectivity index (χ0) is 24.7. The number of nitrogens with zero attached hydrogens (tertiary/aromatic N) is 6. The largest absolute Gasteiger partial charge is 0.416 e. The van der Waals surface area contributed by atoms with Gasteiger partial charge >= 0.3 is 11.8 Å². The summed E-state index contributed by atoms with van der Waals surface area (Å²) in [6.45, 7) is 2.08. The summed E-state index contributed by atoms with van der Waals surface area (Å²) in [5.41, 5.74) is 4.95. The maximum atomic E-state index is 12.9. The highest BCUT2D eigenvalue weighted by molar-refractivity contribution is 5.89. The lowest BCUT2D eigenvalue weighted by Gasteiger charge is -2.19. The molecule has 0 bridgehead atoms. The molecule has 1 unspecified atom stereocenters. The standard InChI is InChI=1S/C26H28N8O2/c1-26(10-11-26)24-33-32-23(36-24)22(35)30-21-6-4-3-5-16-13-17(7-8-19(16)21)20-9-12-27-25(31-20)29-18-14-28-34(2)15-18/h7-9,12-15,21H,3-6,10-11H2,1-2H3,(H,30,35)(H,27,29,31). The third-order valence-corrected chi connectivity index (χ3v) is 7.06. The van der Waals surface area contributed by atoms with Gasteiger partial charge in [-0.25, -0.2) is 9.97 Å². The lowest BCUT2D eigenvalue weighted by atomic mass is 9.95. The van der Waals surface area contributed by atoms with E-state index in [1.807, 2.05) is 19.3 Å². The van der Waals surface area contributed by atoms with E-state index in [1.165, 1.54) is 5.56 Å². The fourth-order valence-corrected chi connectivity index (χ4v) is 4.67. The molecule has 10 heteroatoms. The van der Waals surface area contributed by atoms with Crippen LogP contribution in [0.3, 0.4) is 0 Å². The van der Waals surface area contributed by atoms with Gasteiger partial charge in [0.2, 0.25) is 11.8 Å². The molecule has 1 fully saturated rings. The van der Waals surface area contributed by atoms with Crippen LogP contribution in [0.4, 0.5) is 11.6 Å². The molecule has 3 heterocycles. The molecule has 1 atom stereocenters. The predicted molar refractivity (Wildman–Crippen MR) is 133 cm³/mol. The Morgan fingerprint density at radius 1 is 1.19 bits per heavy atom. The van der Waals surface area contributed by atoms with Gasteiger partial charge in [-0.1, -0.05) is 25.5 Å². The van der Waals surface area contributed by atoms with Gasteiger partial charge in [-0.3, -0.25) is 9.48 Å². The number of rotatable bonds is 6. The van der Waals surface area contributed by atoms with Crippen LogP contribution in [0.2, 0.25) is 0 Å². The molecule has 1 aromatic carbocycles. The lowest BCUT2D eigenvalue weighted by Crippen LogP contribution is -2.29. The molecule has 0 radical (unpaired) electrons. The van der Waals surface area contributed by atoms with Crippen LogP contribution < -0.4 is 10.6 Å². The van der Waals surface area contributed by atoms with Crippen LogP contribution in [0.5, 0.6) is 0 Å². The Kier molecular flexibility index (Phi) is 5.50. The molecule has 3 aromatic heterocycles. The summed E-state index contributed by atoms with van der Waals surface area (Å²) in [5, 5.41) is 18.6. The molecule has 0 saturated heterocycles. The number of hydrogen-bond acceptors (Lipinski definition) is 8. The molecule has 36 heavy (non-hydrogen) atoms. The maximum absolute atomic E-state index is 12.9. The van der Waals surface area contributed by atoms with Gasteiger partial charge in [0.1, 0.15) is 0 Å². The van der Waals surface area contributed by atoms with E-state index in [0.717, 1.165) is 61.0 Å². The Labute approximate surface area is 208 Å². The molecule has 184 valence electrons. The fraction of sp³-hybridized carbons (Fsp3) is 0.385. The summed E-state index contributed by atoms with van der Waals surface area (Å²) in [6.07, 6.45) is 11.3. The average molecular weight is 485 g/mol. The van der Waals surface area contributed by atoms with E-state index in [4.69, 9.17) is 9.40 Å². The molecule has 2 N–H and O–H groups in total. The topological polar surface area (TPSA) is 124 Å². The molecule has 2 aliphatic rings. The summed E-state index contributed by atoms with van der Waals surface area (Å²) >= 11 is 0. The Hall–Kier alpha value is -4.08. The highest BCUT2D eigenvalue weighted by Crippen LogP contribution is 2.46. The van der Waals surface area contributed by atoms with Gasteiger partial charge in [-0.2, -0.15) is 5.10 Å². The summed E-state index contributed by atoms with van der Waals surface area (Å²) in [7, 11) is 1.86. The fourth-order valence-electron chi connectivity index (χ4n) is 4.67. The summed E-state index contributed by atoms with van der Waals surface area (Å²) in [6, 6.07) is 8.12. The van der Waals surface area contributed by atoms with Gasteiger partial charge in [-0.05, 0) is 55.4 Å². The number of aryl methyl sites for hydroxylation is 2. The van der Waals surface area contributed by atoms with Crippen molar-refractivity contribution in [3.05, 3.63) is 65.8 Å². The summed E-state index contributed by atoms with van der Waals surface area (Å²) < 4.78 is 7.43. The van der Waals surface area contributed by atoms with Gasteiger partial charge in [0.15, 0.2) is 0 Å². The normalized spacial score (nSPS) is 18.2. The van der Waals surface area contributed by atoms with Crippen molar-refractivity contribution >= 4 is 17.5 Å². The number of benzene rings is 1. The van der Waals surface area contributed by atoms with Crippen LogP contribution in [0.1, 0.15) is 72.8 Å². The third kappa shape index (κ3) is 4.46. The molecule has 6 rings (SSSR count). The van der Waals surface area contributed by atoms with E-state index in [9.17, 15) is 4.79 Å². The summed E-state index contributed by atoms with van der Waals surface area (Å²) in [4.78, 5) is 22.0. The highest BCUT2D eigenvalue weighted by atomic mass is 16.4. The molecule has 0 spiro atoms. The number of amides is 1. The second-order valence-electron chi connectivity index (χ2n) is 9.95. The van der Waals surface area contributed by atoms with Crippen molar-refractivity contribution in [2.45, 2.75) is 56.9 Å². The molecular weight excluding hydrogens is 456 g/mol. The molecule has 0 aliphatic heterocycles. The third-order valence-electron chi connectivity index (χ3n) is 7.06. The van der Waals surface area contributed by atoms with Gasteiger partial charge in [-0.15, -0.1) is 10.2 Å².